The van der Waals surface area contributed by atoms with Gasteiger partial charge < -0.3 is 20.2 Å². The second-order valence-corrected chi connectivity index (χ2v) is 7.56. The second kappa shape index (κ2) is 8.92. The number of carbonyl (C=O) groups is 1. The third-order valence-electron chi connectivity index (χ3n) is 5.14. The summed E-state index contributed by atoms with van der Waals surface area (Å²) in [6.45, 7) is 2.49. The molecule has 1 aliphatic rings. The topological polar surface area (TPSA) is 139 Å². The van der Waals surface area contributed by atoms with Gasteiger partial charge in [-0.2, -0.15) is 10.2 Å². The predicted molar refractivity (Wildman–Crippen MR) is 110 cm³/mol. The number of aliphatic hydroxyl groups excluding tert-OH is 1. The summed E-state index contributed by atoms with van der Waals surface area (Å²) in [5.74, 6) is 0.554. The first-order valence-corrected chi connectivity index (χ1v) is 9.85. The molecule has 2 heterocycles. The number of hydrogen-bond acceptors (Lipinski definition) is 8. The molecular weight excluding hydrogens is 402 g/mol. The summed E-state index contributed by atoms with van der Waals surface area (Å²) in [6.07, 6.45) is -0.0600. The fourth-order valence-electron chi connectivity index (χ4n) is 3.72. The van der Waals surface area contributed by atoms with Crippen molar-refractivity contribution in [2.24, 2.45) is 0 Å². The maximum Gasteiger partial charge on any atom is 0.244 e. The van der Waals surface area contributed by atoms with E-state index in [2.05, 4.69) is 20.4 Å². The molecule has 3 atom stereocenters. The van der Waals surface area contributed by atoms with Crippen molar-refractivity contribution in [3.8, 4) is 11.4 Å². The molecule has 0 radical (unpaired) electrons. The molecule has 31 heavy (non-hydrogen) atoms. The summed E-state index contributed by atoms with van der Waals surface area (Å²) in [5.41, 5.74) is 2.43. The molecule has 1 amide bonds. The van der Waals surface area contributed by atoms with Gasteiger partial charge in [-0.3, -0.25) is 9.69 Å². The molecule has 2 aromatic carbocycles. The summed E-state index contributed by atoms with van der Waals surface area (Å²) < 4.78 is 5.47. The highest BCUT2D eigenvalue weighted by molar-refractivity contribution is 5.88. The number of aliphatic hydroxyl groups is 1. The highest BCUT2D eigenvalue weighted by Crippen LogP contribution is 2.33. The average Bonchev–Trinajstić information content (AvgIpc) is 3.36. The minimum atomic E-state index is -1.03. The van der Waals surface area contributed by atoms with Crippen LogP contribution in [0.5, 0.6) is 0 Å². The lowest BCUT2D eigenvalue weighted by Crippen LogP contribution is -2.99. The van der Waals surface area contributed by atoms with Crippen molar-refractivity contribution in [1.82, 2.24) is 15.0 Å². The van der Waals surface area contributed by atoms with Crippen LogP contribution in [0.1, 0.15) is 30.8 Å². The van der Waals surface area contributed by atoms with Crippen LogP contribution in [-0.4, -0.2) is 43.9 Å². The predicted octanol–water partition coefficient (Wildman–Crippen LogP) is 1.41. The molecule has 0 aliphatic carbocycles. The van der Waals surface area contributed by atoms with Gasteiger partial charge in [0.1, 0.15) is 0 Å². The van der Waals surface area contributed by atoms with Crippen molar-refractivity contribution in [2.75, 3.05) is 11.9 Å². The number of carbonyl (C=O) groups excluding carboxylic acids is 1. The Morgan fingerprint density at radius 3 is 2.81 bits per heavy atom. The normalized spacial score (nSPS) is 20.0. The van der Waals surface area contributed by atoms with Crippen molar-refractivity contribution >= 4 is 17.3 Å². The molecule has 3 unspecified atom stereocenters. The molecule has 0 spiro atoms. The second-order valence-electron chi connectivity index (χ2n) is 7.56. The lowest BCUT2D eigenvalue weighted by atomic mass is 10.1. The van der Waals surface area contributed by atoms with E-state index in [-0.39, 0.29) is 17.6 Å². The molecule has 0 bridgehead atoms. The number of anilines is 1. The fraction of sp³-hybridized carbons (Fsp3) is 0.286. The molecule has 3 aromatic rings. The summed E-state index contributed by atoms with van der Waals surface area (Å²) in [7, 11) is 0. The number of likely N-dealkylation sites (tertiary alicyclic amines) is 1. The molecule has 1 fully saturated rings. The van der Waals surface area contributed by atoms with Crippen molar-refractivity contribution in [3.63, 3.8) is 0 Å². The van der Waals surface area contributed by atoms with Gasteiger partial charge in [0.05, 0.1) is 12.1 Å². The first kappa shape index (κ1) is 21.1. The Balaban J connectivity index is 1.51. The maximum atomic E-state index is 11.2. The van der Waals surface area contributed by atoms with Crippen LogP contribution >= 0.6 is 0 Å². The fourth-order valence-corrected chi connectivity index (χ4v) is 3.72. The molecule has 10 heteroatoms. The Labute approximate surface area is 178 Å². The lowest BCUT2D eigenvalue weighted by molar-refractivity contribution is -0.991. The molecule has 4 rings (SSSR count). The minimum Gasteiger partial charge on any atom is -0.595 e. The summed E-state index contributed by atoms with van der Waals surface area (Å²) in [5, 5.41) is 36.3. The SMILES string of the molecule is CC(=O)Nc1ccc(CN2CC(O)CC2c2nc(-c3cccc([NH+]([O-])O)c3)no2)cc1. The van der Waals surface area contributed by atoms with Gasteiger partial charge in [-0.25, -0.2) is 5.21 Å². The van der Waals surface area contributed by atoms with E-state index < -0.39 is 11.3 Å². The van der Waals surface area contributed by atoms with E-state index in [1.54, 1.807) is 12.1 Å². The van der Waals surface area contributed by atoms with Gasteiger partial charge in [-0.1, -0.05) is 29.4 Å². The lowest BCUT2D eigenvalue weighted by Gasteiger charge is -2.21. The van der Waals surface area contributed by atoms with Crippen LogP contribution in [0.15, 0.2) is 53.1 Å². The first-order chi connectivity index (χ1) is 14.9. The van der Waals surface area contributed by atoms with E-state index in [4.69, 9.17) is 4.52 Å². The summed E-state index contributed by atoms with van der Waals surface area (Å²) in [6, 6.07) is 13.6. The summed E-state index contributed by atoms with van der Waals surface area (Å²) >= 11 is 0. The monoisotopic (exact) mass is 425 g/mol. The van der Waals surface area contributed by atoms with E-state index in [9.17, 15) is 20.3 Å². The highest BCUT2D eigenvalue weighted by Gasteiger charge is 2.36. The molecule has 162 valence electrons. The van der Waals surface area contributed by atoms with E-state index in [0.29, 0.717) is 36.8 Å². The largest absolute Gasteiger partial charge is 0.595 e. The van der Waals surface area contributed by atoms with Gasteiger partial charge in [-0.05, 0) is 24.1 Å². The zero-order valence-corrected chi connectivity index (χ0v) is 16.9. The number of amides is 1. The quantitative estimate of drug-likeness (QED) is 0.435. The highest BCUT2D eigenvalue weighted by atomic mass is 16.8. The molecule has 4 N–H and O–H groups in total. The van der Waals surface area contributed by atoms with Crippen molar-refractivity contribution in [1.29, 1.82) is 0 Å². The number of nitrogens with zero attached hydrogens (tertiary/aromatic N) is 3. The number of quaternary nitrogens is 1. The van der Waals surface area contributed by atoms with Gasteiger partial charge in [0.2, 0.25) is 17.6 Å². The van der Waals surface area contributed by atoms with E-state index in [1.165, 1.54) is 19.1 Å². The number of rotatable bonds is 6. The number of benzene rings is 2. The Morgan fingerprint density at radius 1 is 1.32 bits per heavy atom. The molecule has 1 saturated heterocycles. The number of aromatic nitrogens is 2. The molecule has 1 aromatic heterocycles. The van der Waals surface area contributed by atoms with Crippen LogP contribution in [0.4, 0.5) is 11.4 Å². The van der Waals surface area contributed by atoms with Crippen LogP contribution in [0.2, 0.25) is 0 Å². The van der Waals surface area contributed by atoms with Crippen LogP contribution in [0.25, 0.3) is 11.4 Å². The van der Waals surface area contributed by atoms with E-state index >= 15 is 0 Å². The Hall–Kier alpha value is -3.15. The van der Waals surface area contributed by atoms with Gasteiger partial charge in [0, 0.05) is 43.4 Å². The Kier molecular flexibility index (Phi) is 6.07. The van der Waals surface area contributed by atoms with Crippen LogP contribution < -0.4 is 10.5 Å². The minimum absolute atomic E-state index is 0.128. The van der Waals surface area contributed by atoms with Gasteiger partial charge in [0.15, 0.2) is 5.69 Å². The molecule has 1 aliphatic heterocycles. The van der Waals surface area contributed by atoms with Crippen LogP contribution in [0.3, 0.4) is 0 Å². The number of hydrogen-bond donors (Lipinski definition) is 4. The van der Waals surface area contributed by atoms with E-state index in [1.807, 2.05) is 24.3 Å². The van der Waals surface area contributed by atoms with Crippen LogP contribution in [0, 0.1) is 5.21 Å². The van der Waals surface area contributed by atoms with Crippen LogP contribution in [-0.2, 0) is 11.3 Å². The number of nitrogens with one attached hydrogen (secondary N) is 2. The standard InChI is InChI=1S/C21H23N5O5/c1-13(27)22-16-7-5-14(6-8-16)11-25-12-18(28)10-19(25)21-23-20(24-31-21)15-3-2-4-17(9-15)26(29)30/h2-9,18-19,26,28-29H,10-12H2,1H3,(H,22,27). The average molecular weight is 425 g/mol. The molecule has 10 nitrogen and oxygen atoms in total. The van der Waals surface area contributed by atoms with Gasteiger partial charge in [0.25, 0.3) is 0 Å². The summed E-state index contributed by atoms with van der Waals surface area (Å²) in [4.78, 5) is 17.7. The molecule has 0 saturated carbocycles. The molecular formula is C21H23N5O5. The Bertz CT molecular complexity index is 1050. The van der Waals surface area contributed by atoms with Gasteiger partial charge in [-0.15, -0.1) is 0 Å². The van der Waals surface area contributed by atoms with Crippen molar-refractivity contribution < 1.29 is 24.9 Å². The van der Waals surface area contributed by atoms with E-state index in [0.717, 1.165) is 11.3 Å². The van der Waals surface area contributed by atoms with Gasteiger partial charge >= 0.3 is 0 Å². The van der Waals surface area contributed by atoms with Crippen molar-refractivity contribution in [2.45, 2.75) is 32.0 Å². The third kappa shape index (κ3) is 4.95. The zero-order chi connectivity index (χ0) is 22.0. The smallest absolute Gasteiger partial charge is 0.244 e. The maximum absolute atomic E-state index is 11.2. The van der Waals surface area contributed by atoms with Crippen molar-refractivity contribution in [3.05, 3.63) is 65.2 Å². The zero-order valence-electron chi connectivity index (χ0n) is 16.9. The first-order valence-electron chi connectivity index (χ1n) is 9.85. The third-order valence-corrected chi connectivity index (χ3v) is 5.14. The Morgan fingerprint density at radius 2 is 2.10 bits per heavy atom. The number of β-amino-alcohol motifs (C(OH)–C–C–N with tert-alkyl or cyclic N) is 1.